The van der Waals surface area contributed by atoms with Crippen molar-refractivity contribution in [2.45, 2.75) is 6.92 Å². The summed E-state index contributed by atoms with van der Waals surface area (Å²) >= 11 is 0. The van der Waals surface area contributed by atoms with Gasteiger partial charge in [0.2, 0.25) is 10.0 Å². The molecular formula is C31H27N5O4S. The molecule has 9 nitrogen and oxygen atoms in total. The summed E-state index contributed by atoms with van der Waals surface area (Å²) in [6.45, 7) is 1.98. The van der Waals surface area contributed by atoms with Gasteiger partial charge in [0.1, 0.15) is 11.3 Å². The first-order valence-corrected chi connectivity index (χ1v) is 14.7. The van der Waals surface area contributed by atoms with E-state index in [0.717, 1.165) is 34.0 Å². The van der Waals surface area contributed by atoms with Crippen molar-refractivity contribution in [2.24, 2.45) is 0 Å². The number of sulfonamides is 1. The zero-order chi connectivity index (χ0) is 28.9. The second-order valence-corrected chi connectivity index (χ2v) is 11.9. The Hall–Kier alpha value is -4.96. The van der Waals surface area contributed by atoms with Crippen molar-refractivity contribution in [3.8, 4) is 34.1 Å². The summed E-state index contributed by atoms with van der Waals surface area (Å²) in [4.78, 5) is 25.8. The number of anilines is 1. The molecule has 3 aromatic carbocycles. The highest BCUT2D eigenvalue weighted by atomic mass is 32.2. The average molecular weight is 566 g/mol. The molecule has 1 amide bonds. The number of aromatic nitrogens is 3. The van der Waals surface area contributed by atoms with Crippen molar-refractivity contribution in [2.75, 3.05) is 24.7 Å². The van der Waals surface area contributed by atoms with E-state index in [1.807, 2.05) is 61.5 Å². The Balaban J connectivity index is 1.61. The zero-order valence-electron chi connectivity index (χ0n) is 22.9. The molecule has 206 valence electrons. The van der Waals surface area contributed by atoms with Crippen LogP contribution in [0.3, 0.4) is 0 Å². The highest BCUT2D eigenvalue weighted by molar-refractivity contribution is 7.92. The molecule has 0 saturated carbocycles. The van der Waals surface area contributed by atoms with Gasteiger partial charge in [-0.3, -0.25) is 9.10 Å². The van der Waals surface area contributed by atoms with Crippen LogP contribution in [-0.2, 0) is 10.0 Å². The number of hydrogen-bond acceptors (Lipinski definition) is 6. The van der Waals surface area contributed by atoms with Crippen LogP contribution in [0.1, 0.15) is 15.9 Å². The molecule has 0 aliphatic carbocycles. The highest BCUT2D eigenvalue weighted by Crippen LogP contribution is 2.41. The first-order valence-electron chi connectivity index (χ1n) is 12.9. The summed E-state index contributed by atoms with van der Waals surface area (Å²) < 4.78 is 32.9. The maximum atomic E-state index is 13.2. The van der Waals surface area contributed by atoms with Gasteiger partial charge in [-0.25, -0.2) is 18.4 Å². The molecule has 0 bridgehead atoms. The smallest absolute Gasteiger partial charge is 0.255 e. The number of carbonyl (C=O) groups excluding carboxylic acids is 1. The Morgan fingerprint density at radius 1 is 1.02 bits per heavy atom. The van der Waals surface area contributed by atoms with Crippen molar-refractivity contribution in [1.29, 1.82) is 0 Å². The largest absolute Gasteiger partial charge is 0.455 e. The van der Waals surface area contributed by atoms with Crippen molar-refractivity contribution < 1.29 is 17.6 Å². The number of H-pyrrole nitrogens is 1. The topological polar surface area (TPSA) is 121 Å². The zero-order valence-corrected chi connectivity index (χ0v) is 23.7. The summed E-state index contributed by atoms with van der Waals surface area (Å²) in [5, 5.41) is 4.26. The van der Waals surface area contributed by atoms with Crippen molar-refractivity contribution in [3.05, 3.63) is 90.1 Å². The van der Waals surface area contributed by atoms with E-state index < -0.39 is 10.0 Å². The van der Waals surface area contributed by atoms with E-state index in [-0.39, 0.29) is 5.91 Å². The first kappa shape index (κ1) is 26.3. The van der Waals surface area contributed by atoms with E-state index in [1.54, 1.807) is 31.4 Å². The summed E-state index contributed by atoms with van der Waals surface area (Å²) in [6.07, 6.45) is 2.76. The number of benzene rings is 3. The molecule has 3 aromatic heterocycles. The van der Waals surface area contributed by atoms with Gasteiger partial charge in [-0.05, 0) is 31.2 Å². The molecule has 10 heteroatoms. The van der Waals surface area contributed by atoms with E-state index in [0.29, 0.717) is 45.1 Å². The number of nitrogens with zero attached hydrogens (tertiary/aromatic N) is 3. The third-order valence-electron chi connectivity index (χ3n) is 7.11. The Kier molecular flexibility index (Phi) is 6.34. The van der Waals surface area contributed by atoms with Gasteiger partial charge in [0.05, 0.1) is 28.9 Å². The minimum atomic E-state index is -3.65. The molecule has 0 aliphatic rings. The van der Waals surface area contributed by atoms with Crippen LogP contribution in [-0.4, -0.2) is 49.6 Å². The van der Waals surface area contributed by atoms with Gasteiger partial charge in [-0.1, -0.05) is 48.0 Å². The number of aryl methyl sites for hydroxylation is 1. The lowest BCUT2D eigenvalue weighted by molar-refractivity contribution is 0.0964. The standard InChI is InChI=1S/C31H27N5O4S/c1-18-9-11-19(12-10-18)29-28(31(37)32-2)22-16-21(26(17-27(22)40-29)36(3)41(4,38)39)24-13-14-33-30(35-24)25-15-20-7-5-6-8-23(20)34-25/h5-17,34H,1-4H3,(H,32,37). The molecule has 2 N–H and O–H groups in total. The number of aromatic amines is 1. The second kappa shape index (κ2) is 9.90. The molecule has 0 saturated heterocycles. The maximum Gasteiger partial charge on any atom is 0.255 e. The van der Waals surface area contributed by atoms with Crippen molar-refractivity contribution in [1.82, 2.24) is 20.3 Å². The van der Waals surface area contributed by atoms with E-state index in [4.69, 9.17) is 9.40 Å². The van der Waals surface area contributed by atoms with Gasteiger partial charge >= 0.3 is 0 Å². The number of para-hydroxylation sites is 1. The van der Waals surface area contributed by atoms with Crippen LogP contribution in [0.4, 0.5) is 5.69 Å². The van der Waals surface area contributed by atoms with Crippen LogP contribution >= 0.6 is 0 Å². The SMILES string of the molecule is CNC(=O)c1c(-c2ccc(C)cc2)oc2cc(N(C)S(C)(=O)=O)c(-c3ccnc(-c4cc5ccccc5[nH]4)n3)cc12. The van der Waals surface area contributed by atoms with Crippen molar-refractivity contribution >= 4 is 43.5 Å². The summed E-state index contributed by atoms with van der Waals surface area (Å²) in [6, 6.07) is 22.6. The highest BCUT2D eigenvalue weighted by Gasteiger charge is 2.26. The predicted molar refractivity (Wildman–Crippen MR) is 161 cm³/mol. The Labute approximate surface area is 236 Å². The van der Waals surface area contributed by atoms with Crippen LogP contribution in [0.5, 0.6) is 0 Å². The van der Waals surface area contributed by atoms with Crippen LogP contribution < -0.4 is 9.62 Å². The molecular weight excluding hydrogens is 538 g/mol. The fourth-order valence-electron chi connectivity index (χ4n) is 4.87. The summed E-state index contributed by atoms with van der Waals surface area (Å²) in [5.74, 6) is 0.521. The molecule has 0 aliphatic heterocycles. The van der Waals surface area contributed by atoms with E-state index >= 15 is 0 Å². The number of nitrogens with one attached hydrogen (secondary N) is 2. The van der Waals surface area contributed by atoms with Gasteiger partial charge < -0.3 is 14.7 Å². The molecule has 0 fully saturated rings. The molecule has 0 spiro atoms. The van der Waals surface area contributed by atoms with Gasteiger partial charge in [0.15, 0.2) is 5.82 Å². The Morgan fingerprint density at radius 2 is 1.78 bits per heavy atom. The van der Waals surface area contributed by atoms with Gasteiger partial charge in [0.25, 0.3) is 5.91 Å². The molecule has 0 unspecified atom stereocenters. The lowest BCUT2D eigenvalue weighted by Gasteiger charge is -2.20. The lowest BCUT2D eigenvalue weighted by Crippen LogP contribution is -2.25. The Morgan fingerprint density at radius 3 is 2.49 bits per heavy atom. The van der Waals surface area contributed by atoms with E-state index in [1.165, 1.54) is 11.4 Å². The van der Waals surface area contributed by atoms with Crippen molar-refractivity contribution in [3.63, 3.8) is 0 Å². The molecule has 0 radical (unpaired) electrons. The minimum absolute atomic E-state index is 0.323. The minimum Gasteiger partial charge on any atom is -0.455 e. The third-order valence-corrected chi connectivity index (χ3v) is 8.30. The lowest BCUT2D eigenvalue weighted by atomic mass is 10.0. The fraction of sp³-hybridized carbons (Fsp3) is 0.129. The number of carbonyl (C=O) groups is 1. The molecule has 6 rings (SSSR count). The number of rotatable bonds is 6. The van der Waals surface area contributed by atoms with Crippen LogP contribution in [0.15, 0.2) is 83.4 Å². The average Bonchev–Trinajstić information content (AvgIpc) is 3.57. The van der Waals surface area contributed by atoms with Gasteiger partial charge in [0, 0.05) is 53.8 Å². The van der Waals surface area contributed by atoms with Gasteiger partial charge in [-0.2, -0.15) is 0 Å². The number of fused-ring (bicyclic) bond motifs is 2. The van der Waals surface area contributed by atoms with Gasteiger partial charge in [-0.15, -0.1) is 0 Å². The van der Waals surface area contributed by atoms with E-state index in [9.17, 15) is 13.2 Å². The molecule has 41 heavy (non-hydrogen) atoms. The monoisotopic (exact) mass is 565 g/mol. The quantitative estimate of drug-likeness (QED) is 0.265. The molecule has 6 aromatic rings. The molecule has 3 heterocycles. The van der Waals surface area contributed by atoms with E-state index in [2.05, 4.69) is 15.3 Å². The number of hydrogen-bond donors (Lipinski definition) is 2. The summed E-state index contributed by atoms with van der Waals surface area (Å²) in [5.41, 5.74) is 5.55. The second-order valence-electron chi connectivity index (χ2n) is 9.88. The normalized spacial score (nSPS) is 11.7. The first-order chi connectivity index (χ1) is 19.6. The van der Waals surface area contributed by atoms with Crippen LogP contribution in [0.25, 0.3) is 56.0 Å². The van der Waals surface area contributed by atoms with Crippen LogP contribution in [0.2, 0.25) is 0 Å². The third kappa shape index (κ3) is 4.72. The number of furan rings is 1. The predicted octanol–water partition coefficient (Wildman–Crippen LogP) is 5.77. The maximum absolute atomic E-state index is 13.2. The summed E-state index contributed by atoms with van der Waals surface area (Å²) in [7, 11) is -0.618. The fourth-order valence-corrected chi connectivity index (χ4v) is 5.38. The molecule has 0 atom stereocenters. The number of amides is 1. The van der Waals surface area contributed by atoms with Crippen LogP contribution in [0, 0.1) is 6.92 Å². The Bertz CT molecular complexity index is 2030.